The van der Waals surface area contributed by atoms with Crippen molar-refractivity contribution < 1.29 is 21.6 Å². The Hall–Kier alpha value is -0.340. The number of hydrogen-bond donors (Lipinski definition) is 2. The van der Waals surface area contributed by atoms with Gasteiger partial charge < -0.3 is 10.6 Å². The second kappa shape index (κ2) is 10.4. The van der Waals surface area contributed by atoms with Crippen LogP contribution in [-0.4, -0.2) is 88.4 Å². The van der Waals surface area contributed by atoms with Crippen molar-refractivity contribution >= 4 is 40.0 Å². The molecule has 2 heterocycles. The lowest BCUT2D eigenvalue weighted by atomic mass is 9.98. The maximum absolute atomic E-state index is 12.5. The summed E-state index contributed by atoms with van der Waals surface area (Å²) in [5.41, 5.74) is 0. The van der Waals surface area contributed by atoms with Crippen LogP contribution >= 0.6 is 24.0 Å². The third kappa shape index (κ3) is 8.69. The lowest BCUT2D eigenvalue weighted by Crippen LogP contribution is -2.47. The molecule has 0 aromatic heterocycles. The van der Waals surface area contributed by atoms with Crippen molar-refractivity contribution in [3.8, 4) is 0 Å². The average Bonchev–Trinajstić information content (AvgIpc) is 2.96. The molecule has 0 amide bonds. The van der Waals surface area contributed by atoms with E-state index in [4.69, 9.17) is 0 Å². The summed E-state index contributed by atoms with van der Waals surface area (Å²) in [5, 5.41) is 6.39. The Morgan fingerprint density at radius 1 is 1.19 bits per heavy atom. The molecule has 0 aromatic rings. The van der Waals surface area contributed by atoms with Gasteiger partial charge in [-0.05, 0) is 25.2 Å². The molecule has 0 radical (unpaired) electrons. The third-order valence-corrected chi connectivity index (χ3v) is 6.14. The van der Waals surface area contributed by atoms with E-state index >= 15 is 0 Å². The minimum atomic E-state index is -4.17. The van der Waals surface area contributed by atoms with E-state index in [0.29, 0.717) is 51.0 Å². The molecule has 2 aliphatic heterocycles. The van der Waals surface area contributed by atoms with Crippen molar-refractivity contribution in [1.29, 1.82) is 0 Å². The summed E-state index contributed by atoms with van der Waals surface area (Å²) in [6.45, 7) is 1.58. The second-order valence-corrected chi connectivity index (χ2v) is 9.02. The molecule has 2 rings (SSSR count). The number of sulfonamides is 1. The topological polar surface area (TPSA) is 77.0 Å². The lowest BCUT2D eigenvalue weighted by molar-refractivity contribution is -0.143. The quantitative estimate of drug-likeness (QED) is 0.318. The van der Waals surface area contributed by atoms with Crippen molar-refractivity contribution in [2.45, 2.75) is 31.5 Å². The van der Waals surface area contributed by atoms with Gasteiger partial charge in [-0.25, -0.2) is 12.7 Å². The first-order valence-corrected chi connectivity index (χ1v) is 10.6. The number of guanidine groups is 1. The van der Waals surface area contributed by atoms with Crippen molar-refractivity contribution in [2.75, 3.05) is 52.6 Å². The smallest absolute Gasteiger partial charge is 0.356 e. The zero-order valence-electron chi connectivity index (χ0n) is 15.6. The van der Waals surface area contributed by atoms with Gasteiger partial charge in [-0.2, -0.15) is 13.2 Å². The lowest BCUT2D eigenvalue weighted by Gasteiger charge is -2.30. The molecule has 0 bridgehead atoms. The van der Waals surface area contributed by atoms with E-state index in [-0.39, 0.29) is 30.0 Å². The summed E-state index contributed by atoms with van der Waals surface area (Å²) in [7, 11) is -1.50. The molecule has 12 heteroatoms. The van der Waals surface area contributed by atoms with Gasteiger partial charge in [0.15, 0.2) is 5.96 Å². The monoisotopic (exact) mass is 527 g/mol. The number of aliphatic imine (C=N–C) groups is 1. The number of nitrogens with zero attached hydrogens (tertiary/aromatic N) is 3. The number of nitrogens with one attached hydrogen (secondary N) is 2. The van der Waals surface area contributed by atoms with Crippen LogP contribution in [0.25, 0.3) is 0 Å². The molecule has 1 unspecified atom stereocenters. The molecular formula is C15H29F3IN5O2S. The highest BCUT2D eigenvalue weighted by molar-refractivity contribution is 14.0. The van der Waals surface area contributed by atoms with Gasteiger partial charge in [0.25, 0.3) is 0 Å². The van der Waals surface area contributed by atoms with Crippen LogP contribution in [0.2, 0.25) is 0 Å². The minimum absolute atomic E-state index is 0. The number of piperidine rings is 1. The Bertz CT molecular complexity index is 595. The van der Waals surface area contributed by atoms with E-state index < -0.39 is 22.7 Å². The summed E-state index contributed by atoms with van der Waals surface area (Å²) < 4.78 is 61.9. The molecule has 2 saturated heterocycles. The highest BCUT2D eigenvalue weighted by Gasteiger charge is 2.34. The largest absolute Gasteiger partial charge is 0.401 e. The van der Waals surface area contributed by atoms with Crippen LogP contribution in [0.1, 0.15) is 19.3 Å². The maximum atomic E-state index is 12.5. The fourth-order valence-corrected chi connectivity index (χ4v) is 4.30. The van der Waals surface area contributed by atoms with E-state index in [1.54, 1.807) is 7.05 Å². The second-order valence-electron chi connectivity index (χ2n) is 7.04. The summed E-state index contributed by atoms with van der Waals surface area (Å²) in [6.07, 6.45) is -0.750. The van der Waals surface area contributed by atoms with Gasteiger partial charge in [0.2, 0.25) is 10.0 Å². The van der Waals surface area contributed by atoms with Gasteiger partial charge in [-0.15, -0.1) is 24.0 Å². The predicted molar refractivity (Wildman–Crippen MR) is 110 cm³/mol. The van der Waals surface area contributed by atoms with Gasteiger partial charge >= 0.3 is 6.18 Å². The molecule has 7 nitrogen and oxygen atoms in total. The Labute approximate surface area is 176 Å². The molecule has 0 aliphatic carbocycles. The average molecular weight is 527 g/mol. The normalized spacial score (nSPS) is 23.9. The van der Waals surface area contributed by atoms with Gasteiger partial charge in [-0.3, -0.25) is 9.89 Å². The van der Waals surface area contributed by atoms with Crippen LogP contribution in [-0.2, 0) is 10.0 Å². The van der Waals surface area contributed by atoms with Gasteiger partial charge in [0.1, 0.15) is 0 Å². The Balaban J connectivity index is 0.00000364. The molecule has 0 spiro atoms. The first-order valence-electron chi connectivity index (χ1n) is 8.78. The maximum Gasteiger partial charge on any atom is 0.401 e. The van der Waals surface area contributed by atoms with Crippen LogP contribution in [0.15, 0.2) is 4.99 Å². The molecule has 160 valence electrons. The van der Waals surface area contributed by atoms with Crippen LogP contribution in [0.4, 0.5) is 13.2 Å². The fourth-order valence-electron chi connectivity index (χ4n) is 3.42. The van der Waals surface area contributed by atoms with E-state index in [9.17, 15) is 21.6 Å². The predicted octanol–water partition coefficient (Wildman–Crippen LogP) is 1.08. The fraction of sp³-hybridized carbons (Fsp3) is 0.933. The number of hydrogen-bond acceptors (Lipinski definition) is 4. The Kier molecular flexibility index (Phi) is 9.55. The summed E-state index contributed by atoms with van der Waals surface area (Å²) in [5.74, 6) is 0.922. The minimum Gasteiger partial charge on any atom is -0.356 e. The number of halogens is 4. The summed E-state index contributed by atoms with van der Waals surface area (Å²) in [4.78, 5) is 5.53. The summed E-state index contributed by atoms with van der Waals surface area (Å²) in [6, 6.07) is -0.0596. The molecule has 2 aliphatic rings. The molecule has 27 heavy (non-hydrogen) atoms. The van der Waals surface area contributed by atoms with E-state index in [1.807, 2.05) is 0 Å². The van der Waals surface area contributed by atoms with Crippen molar-refractivity contribution in [2.24, 2.45) is 10.9 Å². The van der Waals surface area contributed by atoms with Gasteiger partial charge in [0, 0.05) is 45.8 Å². The molecule has 2 N–H and O–H groups in total. The van der Waals surface area contributed by atoms with Crippen LogP contribution < -0.4 is 10.6 Å². The molecular weight excluding hydrogens is 498 g/mol. The molecule has 0 saturated carbocycles. The van der Waals surface area contributed by atoms with Crippen LogP contribution in [0, 0.1) is 5.92 Å². The zero-order chi connectivity index (χ0) is 19.4. The van der Waals surface area contributed by atoms with Crippen LogP contribution in [0.3, 0.4) is 0 Å². The van der Waals surface area contributed by atoms with Gasteiger partial charge in [0.05, 0.1) is 12.8 Å². The SMILES string of the molecule is CN=C(NCC1CCN(S(C)(=O)=O)CC1)NC1CCN(CC(F)(F)F)C1.I. The summed E-state index contributed by atoms with van der Waals surface area (Å²) >= 11 is 0. The molecule has 2 fully saturated rings. The molecule has 0 aromatic carbocycles. The molecule has 1 atom stereocenters. The Morgan fingerprint density at radius 2 is 1.81 bits per heavy atom. The number of rotatable bonds is 5. The number of alkyl halides is 3. The first kappa shape index (κ1) is 24.7. The number of likely N-dealkylation sites (tertiary alicyclic amines) is 1. The first-order chi connectivity index (χ1) is 12.1. The highest BCUT2D eigenvalue weighted by atomic mass is 127. The van der Waals surface area contributed by atoms with Crippen molar-refractivity contribution in [1.82, 2.24) is 19.8 Å². The highest BCUT2D eigenvalue weighted by Crippen LogP contribution is 2.20. The third-order valence-electron chi connectivity index (χ3n) is 4.84. The van der Waals surface area contributed by atoms with Gasteiger partial charge in [-0.1, -0.05) is 0 Å². The van der Waals surface area contributed by atoms with E-state index in [2.05, 4.69) is 15.6 Å². The van der Waals surface area contributed by atoms with Crippen LogP contribution in [0.5, 0.6) is 0 Å². The standard InChI is InChI=1S/C15H28F3N5O2S.HI/c1-19-14(21-13-5-6-22(10-13)11-15(16,17)18)20-9-12-3-7-23(8-4-12)26(2,24)25;/h12-13H,3-11H2,1-2H3,(H2,19,20,21);1H. The zero-order valence-corrected chi connectivity index (χ0v) is 18.8. The van der Waals surface area contributed by atoms with Crippen molar-refractivity contribution in [3.63, 3.8) is 0 Å². The van der Waals surface area contributed by atoms with E-state index in [1.165, 1.54) is 15.5 Å². The van der Waals surface area contributed by atoms with Crippen molar-refractivity contribution in [3.05, 3.63) is 0 Å². The van der Waals surface area contributed by atoms with E-state index in [0.717, 1.165) is 12.8 Å². The Morgan fingerprint density at radius 3 is 2.33 bits per heavy atom.